The summed E-state index contributed by atoms with van der Waals surface area (Å²) in [5.74, 6) is 4.33. The number of fused-ring (bicyclic) bond motifs is 4. The first kappa shape index (κ1) is 23.0. The molecule has 4 aliphatic carbocycles. The van der Waals surface area contributed by atoms with E-state index in [1.54, 1.807) is 0 Å². The molecule has 5 fully saturated rings. The molecule has 0 aromatic heterocycles. The first-order chi connectivity index (χ1) is 14.7. The van der Waals surface area contributed by atoms with Crippen LogP contribution in [-0.2, 0) is 4.74 Å². The van der Waals surface area contributed by atoms with Crippen LogP contribution in [0, 0.1) is 46.3 Å². The number of ether oxygens (including phenoxy) is 1. The van der Waals surface area contributed by atoms with Crippen LogP contribution < -0.4 is 0 Å². The monoisotopic (exact) mass is 452 g/mol. The summed E-state index contributed by atoms with van der Waals surface area (Å²) in [6, 6.07) is 0. The molecule has 0 bridgehead atoms. The largest absolute Gasteiger partial charge is 0.393 e. The second kappa shape index (κ2) is 7.87. The van der Waals surface area contributed by atoms with Crippen LogP contribution in [-0.4, -0.2) is 28.2 Å². The van der Waals surface area contributed by atoms with Crippen molar-refractivity contribution in [2.24, 2.45) is 46.3 Å². The SMILES string of the molecule is CC(C)C(CCC(C)C1CCC2C3C[C@H]4OC45C[C@@H](O)CC[C@]5(C)C3CC[C@]12C)SF. The topological polar surface area (TPSA) is 32.8 Å². The molecule has 0 amide bonds. The lowest BCUT2D eigenvalue weighted by atomic mass is 9.44. The number of aliphatic hydroxyl groups is 1. The van der Waals surface area contributed by atoms with Crippen LogP contribution in [0.1, 0.15) is 98.8 Å². The maximum atomic E-state index is 13.4. The maximum absolute atomic E-state index is 13.4. The Hall–Kier alpha value is 0.200. The van der Waals surface area contributed by atoms with Crippen molar-refractivity contribution in [2.45, 2.75) is 122 Å². The van der Waals surface area contributed by atoms with E-state index in [0.717, 1.165) is 49.4 Å². The van der Waals surface area contributed by atoms with E-state index in [9.17, 15) is 8.99 Å². The van der Waals surface area contributed by atoms with Gasteiger partial charge in [-0.15, -0.1) is 0 Å². The van der Waals surface area contributed by atoms with Gasteiger partial charge in [0.05, 0.1) is 12.2 Å². The lowest BCUT2D eigenvalue weighted by molar-refractivity contribution is -0.116. The number of aliphatic hydroxyl groups excluding tert-OH is 1. The molecule has 2 nitrogen and oxygen atoms in total. The molecule has 11 atom stereocenters. The molecule has 0 aromatic carbocycles. The zero-order valence-electron chi connectivity index (χ0n) is 20.4. The van der Waals surface area contributed by atoms with Gasteiger partial charge in [-0.1, -0.05) is 34.6 Å². The van der Waals surface area contributed by atoms with E-state index in [0.29, 0.717) is 35.5 Å². The highest BCUT2D eigenvalue weighted by molar-refractivity contribution is 7.94. The van der Waals surface area contributed by atoms with Crippen molar-refractivity contribution in [3.63, 3.8) is 0 Å². The van der Waals surface area contributed by atoms with E-state index in [4.69, 9.17) is 4.74 Å². The summed E-state index contributed by atoms with van der Waals surface area (Å²) in [5, 5.41) is 10.5. The maximum Gasteiger partial charge on any atom is 0.103 e. The number of hydrogen-bond donors (Lipinski definition) is 1. The first-order valence-corrected chi connectivity index (χ1v) is 14.1. The smallest absolute Gasteiger partial charge is 0.103 e. The fourth-order valence-electron chi connectivity index (χ4n) is 9.74. The molecule has 1 saturated heterocycles. The normalized spacial score (nSPS) is 52.6. The molecule has 5 aliphatic rings. The molecular weight excluding hydrogens is 407 g/mol. The van der Waals surface area contributed by atoms with Gasteiger partial charge in [0.15, 0.2) is 0 Å². The van der Waals surface area contributed by atoms with E-state index in [-0.39, 0.29) is 22.4 Å². The Kier molecular flexibility index (Phi) is 5.83. The summed E-state index contributed by atoms with van der Waals surface area (Å²) in [5.41, 5.74) is 0.727. The van der Waals surface area contributed by atoms with Gasteiger partial charge in [0.2, 0.25) is 0 Å². The highest BCUT2D eigenvalue weighted by Gasteiger charge is 2.76. The van der Waals surface area contributed by atoms with Crippen LogP contribution in [0.3, 0.4) is 0 Å². The molecule has 0 radical (unpaired) electrons. The average Bonchev–Trinajstić information content (AvgIpc) is 3.29. The minimum Gasteiger partial charge on any atom is -0.393 e. The van der Waals surface area contributed by atoms with Crippen molar-refractivity contribution >= 4 is 12.1 Å². The summed E-state index contributed by atoms with van der Waals surface area (Å²) < 4.78 is 19.9. The lowest BCUT2D eigenvalue weighted by Crippen LogP contribution is -2.58. The minimum atomic E-state index is -0.155. The zero-order chi connectivity index (χ0) is 22.2. The second-order valence-corrected chi connectivity index (χ2v) is 13.9. The summed E-state index contributed by atoms with van der Waals surface area (Å²) in [7, 11) is 0. The zero-order valence-corrected chi connectivity index (χ0v) is 21.2. The minimum absolute atomic E-state index is 0.000757. The van der Waals surface area contributed by atoms with E-state index in [1.165, 1.54) is 38.5 Å². The summed E-state index contributed by atoms with van der Waals surface area (Å²) in [4.78, 5) is 0. The lowest BCUT2D eigenvalue weighted by Gasteiger charge is -2.59. The molecular formula is C27H45FO2S. The quantitative estimate of drug-likeness (QED) is 0.433. The Balaban J connectivity index is 1.31. The fraction of sp³-hybridized carbons (Fsp3) is 1.00. The molecule has 31 heavy (non-hydrogen) atoms. The van der Waals surface area contributed by atoms with Gasteiger partial charge in [0.25, 0.3) is 0 Å². The van der Waals surface area contributed by atoms with E-state index in [2.05, 4.69) is 34.6 Å². The number of halogens is 1. The van der Waals surface area contributed by atoms with Crippen molar-refractivity contribution in [3.05, 3.63) is 0 Å². The van der Waals surface area contributed by atoms with Gasteiger partial charge in [0, 0.05) is 29.2 Å². The third-order valence-corrected chi connectivity index (χ3v) is 12.6. The van der Waals surface area contributed by atoms with Crippen molar-refractivity contribution in [1.29, 1.82) is 0 Å². The molecule has 0 aromatic rings. The molecule has 1 heterocycles. The second-order valence-electron chi connectivity index (χ2n) is 13.1. The Morgan fingerprint density at radius 1 is 1.03 bits per heavy atom. The summed E-state index contributed by atoms with van der Waals surface area (Å²) in [6.45, 7) is 11.9. The molecule has 1 N–H and O–H groups in total. The van der Waals surface area contributed by atoms with E-state index in [1.807, 2.05) is 0 Å². The van der Waals surface area contributed by atoms with Crippen LogP contribution in [0.4, 0.5) is 3.89 Å². The van der Waals surface area contributed by atoms with Crippen molar-refractivity contribution in [3.8, 4) is 0 Å². The van der Waals surface area contributed by atoms with Gasteiger partial charge in [-0.2, -0.15) is 3.89 Å². The summed E-state index contributed by atoms with van der Waals surface area (Å²) >= 11 is 0.582. The molecule has 1 aliphatic heterocycles. The van der Waals surface area contributed by atoms with Gasteiger partial charge in [-0.3, -0.25) is 0 Å². The Morgan fingerprint density at radius 2 is 1.81 bits per heavy atom. The average molecular weight is 453 g/mol. The van der Waals surface area contributed by atoms with Crippen LogP contribution >= 0.6 is 12.1 Å². The number of epoxide rings is 1. The predicted octanol–water partition coefficient (Wildman–Crippen LogP) is 7.20. The number of rotatable bonds is 6. The van der Waals surface area contributed by atoms with Crippen LogP contribution in [0.2, 0.25) is 0 Å². The van der Waals surface area contributed by atoms with Gasteiger partial charge < -0.3 is 9.84 Å². The standard InChI is InChI=1S/C27H45FO2S/c1-16(2)23(31-28)9-6-17(3)20-7-8-21-19-14-24-27(30-24)15-18(29)10-13-26(27,5)22(19)11-12-25(20,21)4/h16-24,29H,6-15H2,1-5H3/t17?,18-,19?,20?,21?,22?,23?,24+,25+,26+,27?/m0/s1. The fourth-order valence-corrected chi connectivity index (χ4v) is 10.2. The van der Waals surface area contributed by atoms with Gasteiger partial charge in [0.1, 0.15) is 5.60 Å². The Bertz CT molecular complexity index is 686. The third kappa shape index (κ3) is 3.31. The van der Waals surface area contributed by atoms with Crippen molar-refractivity contribution < 1.29 is 13.7 Å². The molecule has 4 heteroatoms. The summed E-state index contributed by atoms with van der Waals surface area (Å²) in [6.07, 6.45) is 12.1. The van der Waals surface area contributed by atoms with Gasteiger partial charge in [-0.05, 0) is 98.7 Å². The number of hydrogen-bond acceptors (Lipinski definition) is 3. The van der Waals surface area contributed by atoms with Crippen LogP contribution in [0.15, 0.2) is 0 Å². The Morgan fingerprint density at radius 3 is 2.52 bits per heavy atom. The molecule has 5 rings (SSSR count). The van der Waals surface area contributed by atoms with Gasteiger partial charge in [-0.25, -0.2) is 0 Å². The van der Waals surface area contributed by atoms with E-state index < -0.39 is 0 Å². The third-order valence-electron chi connectivity index (χ3n) is 11.6. The highest BCUT2D eigenvalue weighted by Crippen LogP contribution is 2.74. The molecule has 7 unspecified atom stereocenters. The Labute approximate surface area is 194 Å². The van der Waals surface area contributed by atoms with Crippen LogP contribution in [0.25, 0.3) is 0 Å². The van der Waals surface area contributed by atoms with Crippen LogP contribution in [0.5, 0.6) is 0 Å². The first-order valence-electron chi connectivity index (χ1n) is 13.3. The van der Waals surface area contributed by atoms with Crippen molar-refractivity contribution in [2.75, 3.05) is 0 Å². The van der Waals surface area contributed by atoms with E-state index >= 15 is 0 Å². The molecule has 1 spiro atoms. The predicted molar refractivity (Wildman–Crippen MR) is 126 cm³/mol. The highest BCUT2D eigenvalue weighted by atomic mass is 32.2. The van der Waals surface area contributed by atoms with Crippen molar-refractivity contribution in [1.82, 2.24) is 0 Å². The molecule has 4 saturated carbocycles. The van der Waals surface area contributed by atoms with Gasteiger partial charge >= 0.3 is 0 Å². The molecule has 178 valence electrons.